The van der Waals surface area contributed by atoms with E-state index in [1.54, 1.807) is 12.0 Å². The third-order valence-electron chi connectivity index (χ3n) is 4.67. The van der Waals surface area contributed by atoms with Crippen molar-refractivity contribution in [2.45, 2.75) is 57.5 Å². The smallest absolute Gasteiger partial charge is 0.249 e. The zero-order chi connectivity index (χ0) is 15.0. The monoisotopic (exact) mass is 282 g/mol. The molecule has 1 atom stereocenters. The van der Waals surface area contributed by atoms with Gasteiger partial charge in [-0.2, -0.15) is 0 Å². The van der Waals surface area contributed by atoms with Crippen LogP contribution in [-0.2, 0) is 14.3 Å². The first kappa shape index (κ1) is 15.3. The maximum atomic E-state index is 12.8. The van der Waals surface area contributed by atoms with E-state index in [0.717, 1.165) is 25.7 Å². The molecule has 0 aromatic carbocycles. The largest absolute Gasteiger partial charge is 0.385 e. The van der Waals surface area contributed by atoms with Crippen LogP contribution < -0.4 is 5.32 Å². The molecule has 2 fully saturated rings. The first-order valence-electron chi connectivity index (χ1n) is 7.47. The van der Waals surface area contributed by atoms with Crippen LogP contribution in [0.25, 0.3) is 0 Å². The lowest BCUT2D eigenvalue weighted by molar-refractivity contribution is -0.161. The standard InChI is InChI=1S/C15H26N2O3/c1-14(2)12(18)16-15(3,11-7-8-11)13(19)17(14)9-5-6-10-20-4/h11H,5-10H2,1-4H3,(H,16,18). The Labute approximate surface area is 121 Å². The minimum atomic E-state index is -0.765. The Morgan fingerprint density at radius 3 is 2.45 bits per heavy atom. The topological polar surface area (TPSA) is 58.6 Å². The lowest BCUT2D eigenvalue weighted by Crippen LogP contribution is -2.74. The Bertz CT molecular complexity index is 404. The number of unbranched alkanes of at least 4 members (excludes halogenated alkanes) is 1. The molecule has 1 N–H and O–H groups in total. The first-order valence-corrected chi connectivity index (χ1v) is 7.47. The molecule has 114 valence electrons. The highest BCUT2D eigenvalue weighted by atomic mass is 16.5. The second kappa shape index (κ2) is 5.35. The summed E-state index contributed by atoms with van der Waals surface area (Å²) in [6, 6.07) is 0. The average Bonchev–Trinajstić information content (AvgIpc) is 3.20. The lowest BCUT2D eigenvalue weighted by atomic mass is 9.85. The molecule has 1 saturated heterocycles. The van der Waals surface area contributed by atoms with Gasteiger partial charge in [-0.15, -0.1) is 0 Å². The Morgan fingerprint density at radius 2 is 1.90 bits per heavy atom. The van der Waals surface area contributed by atoms with Crippen molar-refractivity contribution >= 4 is 11.8 Å². The van der Waals surface area contributed by atoms with E-state index < -0.39 is 11.1 Å². The number of rotatable bonds is 6. The molecular weight excluding hydrogens is 256 g/mol. The van der Waals surface area contributed by atoms with E-state index in [1.165, 1.54) is 0 Å². The van der Waals surface area contributed by atoms with Gasteiger partial charge in [-0.05, 0) is 52.4 Å². The van der Waals surface area contributed by atoms with Crippen molar-refractivity contribution in [3.8, 4) is 0 Å². The molecular formula is C15H26N2O3. The van der Waals surface area contributed by atoms with Crippen LogP contribution in [0, 0.1) is 5.92 Å². The molecule has 5 heteroatoms. The Hall–Kier alpha value is -1.10. The number of ether oxygens (including phenoxy) is 1. The molecule has 1 unspecified atom stereocenters. The van der Waals surface area contributed by atoms with Gasteiger partial charge in [0.25, 0.3) is 0 Å². The first-order chi connectivity index (χ1) is 9.34. The molecule has 0 spiro atoms. The number of carbonyl (C=O) groups excluding carboxylic acids is 2. The van der Waals surface area contributed by atoms with E-state index in [1.807, 2.05) is 20.8 Å². The van der Waals surface area contributed by atoms with Crippen LogP contribution >= 0.6 is 0 Å². The van der Waals surface area contributed by atoms with Crippen LogP contribution in [0.5, 0.6) is 0 Å². The van der Waals surface area contributed by atoms with E-state index in [9.17, 15) is 9.59 Å². The van der Waals surface area contributed by atoms with Gasteiger partial charge in [0.2, 0.25) is 11.8 Å². The minimum Gasteiger partial charge on any atom is -0.385 e. The molecule has 1 aliphatic heterocycles. The van der Waals surface area contributed by atoms with Crippen molar-refractivity contribution in [2.24, 2.45) is 5.92 Å². The van der Waals surface area contributed by atoms with Gasteiger partial charge in [-0.25, -0.2) is 0 Å². The maximum absolute atomic E-state index is 12.8. The molecule has 20 heavy (non-hydrogen) atoms. The van der Waals surface area contributed by atoms with E-state index in [0.29, 0.717) is 19.1 Å². The van der Waals surface area contributed by atoms with E-state index in [2.05, 4.69) is 5.32 Å². The van der Waals surface area contributed by atoms with Crippen LogP contribution in [0.1, 0.15) is 46.5 Å². The highest BCUT2D eigenvalue weighted by Crippen LogP contribution is 2.43. The van der Waals surface area contributed by atoms with Gasteiger partial charge in [0, 0.05) is 20.3 Å². The van der Waals surface area contributed by atoms with E-state index in [4.69, 9.17) is 4.74 Å². The highest BCUT2D eigenvalue weighted by molar-refractivity contribution is 6.02. The van der Waals surface area contributed by atoms with Crippen LogP contribution in [-0.4, -0.2) is 48.1 Å². The fourth-order valence-electron chi connectivity index (χ4n) is 2.93. The minimum absolute atomic E-state index is 0.0433. The molecule has 5 nitrogen and oxygen atoms in total. The second-order valence-electron chi connectivity index (χ2n) is 6.65. The Morgan fingerprint density at radius 1 is 1.25 bits per heavy atom. The maximum Gasteiger partial charge on any atom is 0.249 e. The van der Waals surface area contributed by atoms with Crippen LogP contribution in [0.15, 0.2) is 0 Å². The molecule has 1 saturated carbocycles. The lowest BCUT2D eigenvalue weighted by Gasteiger charge is -2.49. The zero-order valence-corrected chi connectivity index (χ0v) is 13.0. The van der Waals surface area contributed by atoms with Gasteiger partial charge >= 0.3 is 0 Å². The molecule has 2 aliphatic rings. The van der Waals surface area contributed by atoms with Gasteiger partial charge < -0.3 is 15.0 Å². The van der Waals surface area contributed by atoms with Crippen molar-refractivity contribution in [1.29, 1.82) is 0 Å². The SMILES string of the molecule is COCCCCN1C(=O)C(C)(C2CC2)NC(=O)C1(C)C. The van der Waals surface area contributed by atoms with Gasteiger partial charge in [0.15, 0.2) is 0 Å². The predicted octanol–water partition coefficient (Wildman–Crippen LogP) is 1.32. The highest BCUT2D eigenvalue weighted by Gasteiger charge is 2.57. The fraction of sp³-hybridized carbons (Fsp3) is 0.867. The predicted molar refractivity (Wildman–Crippen MR) is 76.2 cm³/mol. The summed E-state index contributed by atoms with van der Waals surface area (Å²) in [6.45, 7) is 6.83. The second-order valence-corrected chi connectivity index (χ2v) is 6.65. The number of nitrogens with zero attached hydrogens (tertiary/aromatic N) is 1. The molecule has 1 aliphatic carbocycles. The quantitative estimate of drug-likeness (QED) is 0.748. The van der Waals surface area contributed by atoms with Crippen LogP contribution in [0.2, 0.25) is 0 Å². The zero-order valence-electron chi connectivity index (χ0n) is 13.0. The fourth-order valence-corrected chi connectivity index (χ4v) is 2.93. The number of amides is 2. The van der Waals surface area contributed by atoms with Crippen molar-refractivity contribution in [3.63, 3.8) is 0 Å². The normalized spacial score (nSPS) is 29.5. The molecule has 0 bridgehead atoms. The number of piperazine rings is 1. The summed E-state index contributed by atoms with van der Waals surface area (Å²) < 4.78 is 5.04. The summed E-state index contributed by atoms with van der Waals surface area (Å²) in [4.78, 5) is 27.0. The summed E-state index contributed by atoms with van der Waals surface area (Å²) in [7, 11) is 1.67. The Kier molecular flexibility index (Phi) is 4.09. The van der Waals surface area contributed by atoms with Gasteiger partial charge in [-0.3, -0.25) is 9.59 Å². The third-order valence-corrected chi connectivity index (χ3v) is 4.67. The number of hydrogen-bond donors (Lipinski definition) is 1. The summed E-state index contributed by atoms with van der Waals surface area (Å²) in [6.07, 6.45) is 3.82. The third kappa shape index (κ3) is 2.55. The number of carbonyl (C=O) groups is 2. The average molecular weight is 282 g/mol. The summed E-state index contributed by atoms with van der Waals surface area (Å²) in [5.74, 6) is 0.330. The van der Waals surface area contributed by atoms with Gasteiger partial charge in [0.05, 0.1) is 0 Å². The van der Waals surface area contributed by atoms with Crippen molar-refractivity contribution < 1.29 is 14.3 Å². The number of hydrogen-bond acceptors (Lipinski definition) is 3. The van der Waals surface area contributed by atoms with Crippen molar-refractivity contribution in [1.82, 2.24) is 10.2 Å². The molecule has 0 aromatic heterocycles. The number of nitrogens with one attached hydrogen (secondary N) is 1. The van der Waals surface area contributed by atoms with Crippen LogP contribution in [0.4, 0.5) is 0 Å². The number of methoxy groups -OCH3 is 1. The van der Waals surface area contributed by atoms with Crippen LogP contribution in [0.3, 0.4) is 0 Å². The van der Waals surface area contributed by atoms with Crippen molar-refractivity contribution in [2.75, 3.05) is 20.3 Å². The summed E-state index contributed by atoms with van der Waals surface area (Å²) in [5, 5.41) is 2.97. The summed E-state index contributed by atoms with van der Waals surface area (Å²) >= 11 is 0. The molecule has 2 rings (SSSR count). The van der Waals surface area contributed by atoms with E-state index in [-0.39, 0.29) is 11.8 Å². The van der Waals surface area contributed by atoms with E-state index >= 15 is 0 Å². The van der Waals surface area contributed by atoms with Crippen molar-refractivity contribution in [3.05, 3.63) is 0 Å². The molecule has 0 radical (unpaired) electrons. The Balaban J connectivity index is 2.11. The molecule has 2 amide bonds. The molecule has 1 heterocycles. The van der Waals surface area contributed by atoms with Gasteiger partial charge in [-0.1, -0.05) is 0 Å². The molecule has 0 aromatic rings. The van der Waals surface area contributed by atoms with Gasteiger partial charge in [0.1, 0.15) is 11.1 Å². The summed E-state index contributed by atoms with van der Waals surface area (Å²) in [5.41, 5.74) is -1.47.